The van der Waals surface area contributed by atoms with Gasteiger partial charge in [0.15, 0.2) is 0 Å². The first-order chi connectivity index (χ1) is 12.4. The Labute approximate surface area is 157 Å². The maximum atomic E-state index is 8.58. The van der Waals surface area contributed by atoms with Crippen LogP contribution >= 0.6 is 0 Å². The first kappa shape index (κ1) is 24.6. The number of allylic oxidation sites excluding steroid dienone is 2. The van der Waals surface area contributed by atoms with E-state index in [-0.39, 0.29) is 6.61 Å². The molecule has 0 unspecified atom stereocenters. The van der Waals surface area contributed by atoms with Crippen LogP contribution in [0.3, 0.4) is 0 Å². The molecule has 3 nitrogen and oxygen atoms in total. The number of unbranched alkanes of at least 4 members (excludes halogenated alkanes) is 12. The van der Waals surface area contributed by atoms with E-state index in [9.17, 15) is 0 Å². The first-order valence-electron chi connectivity index (χ1n) is 11.0. The van der Waals surface area contributed by atoms with Crippen LogP contribution in [0.2, 0.25) is 0 Å². The van der Waals surface area contributed by atoms with Crippen molar-refractivity contribution < 1.29 is 9.84 Å². The number of aliphatic hydroxyl groups is 1. The molecule has 0 aromatic rings. The van der Waals surface area contributed by atoms with Crippen molar-refractivity contribution in [1.82, 2.24) is 5.32 Å². The zero-order chi connectivity index (χ0) is 18.3. The van der Waals surface area contributed by atoms with Crippen LogP contribution < -0.4 is 5.32 Å². The van der Waals surface area contributed by atoms with Crippen LogP contribution in [0.1, 0.15) is 96.8 Å². The molecule has 0 atom stereocenters. The Kier molecular flexibility index (Phi) is 23.3. The molecule has 2 N–H and O–H groups in total. The Morgan fingerprint density at radius 2 is 1.24 bits per heavy atom. The number of aliphatic hydroxyl groups excluding tert-OH is 1. The standard InChI is InChI=1S/C22H45NO2/c1-2-3-4-5-6-7-8-9-10-11-12-13-14-15-16-17-18-23-19-21-25-22-20-24/h9-10,23-24H,2-8,11-22H2,1H3/b10-9-. The van der Waals surface area contributed by atoms with E-state index in [1.807, 2.05) is 0 Å². The highest BCUT2D eigenvalue weighted by molar-refractivity contribution is 4.81. The largest absolute Gasteiger partial charge is 0.394 e. The number of ether oxygens (including phenoxy) is 1. The molecule has 0 aliphatic carbocycles. The van der Waals surface area contributed by atoms with Gasteiger partial charge in [-0.25, -0.2) is 0 Å². The van der Waals surface area contributed by atoms with Crippen LogP contribution in [0.15, 0.2) is 12.2 Å². The quantitative estimate of drug-likeness (QED) is 0.207. The smallest absolute Gasteiger partial charge is 0.0698 e. The summed E-state index contributed by atoms with van der Waals surface area (Å²) in [4.78, 5) is 0. The van der Waals surface area contributed by atoms with Crippen molar-refractivity contribution in [2.75, 3.05) is 32.9 Å². The minimum absolute atomic E-state index is 0.120. The van der Waals surface area contributed by atoms with Gasteiger partial charge in [0.05, 0.1) is 19.8 Å². The van der Waals surface area contributed by atoms with Gasteiger partial charge in [-0.1, -0.05) is 76.9 Å². The van der Waals surface area contributed by atoms with E-state index in [4.69, 9.17) is 9.84 Å². The zero-order valence-electron chi connectivity index (χ0n) is 16.9. The van der Waals surface area contributed by atoms with Crippen molar-refractivity contribution in [3.8, 4) is 0 Å². The molecule has 0 bridgehead atoms. The summed E-state index contributed by atoms with van der Waals surface area (Å²) in [7, 11) is 0. The number of nitrogens with one attached hydrogen (secondary N) is 1. The summed E-state index contributed by atoms with van der Waals surface area (Å²) >= 11 is 0. The van der Waals surface area contributed by atoms with Crippen LogP contribution in [-0.4, -0.2) is 38.0 Å². The van der Waals surface area contributed by atoms with E-state index in [1.54, 1.807) is 0 Å². The SMILES string of the molecule is CCCCCCCC/C=C\CCCCCCCCNCCOCCO. The molecule has 0 heterocycles. The third kappa shape index (κ3) is 23.6. The Balaban J connectivity index is 3.03. The van der Waals surface area contributed by atoms with Gasteiger partial charge in [-0.15, -0.1) is 0 Å². The van der Waals surface area contributed by atoms with Crippen molar-refractivity contribution in [2.45, 2.75) is 96.8 Å². The van der Waals surface area contributed by atoms with E-state index in [2.05, 4.69) is 24.4 Å². The summed E-state index contributed by atoms with van der Waals surface area (Å²) in [5.74, 6) is 0. The lowest BCUT2D eigenvalue weighted by Gasteiger charge is -2.05. The summed E-state index contributed by atoms with van der Waals surface area (Å²) in [5.41, 5.74) is 0. The Hall–Kier alpha value is -0.380. The fraction of sp³-hybridized carbons (Fsp3) is 0.909. The molecule has 0 rings (SSSR count). The summed E-state index contributed by atoms with van der Waals surface area (Å²) in [5, 5.41) is 12.0. The molecule has 0 aliphatic heterocycles. The van der Waals surface area contributed by atoms with Gasteiger partial charge in [0.2, 0.25) is 0 Å². The van der Waals surface area contributed by atoms with Gasteiger partial charge in [0.25, 0.3) is 0 Å². The molecule has 25 heavy (non-hydrogen) atoms. The third-order valence-electron chi connectivity index (χ3n) is 4.52. The highest BCUT2D eigenvalue weighted by Crippen LogP contribution is 2.09. The molecule has 0 saturated carbocycles. The van der Waals surface area contributed by atoms with Crippen molar-refractivity contribution in [2.24, 2.45) is 0 Å². The summed E-state index contributed by atoms with van der Waals surface area (Å²) < 4.78 is 5.20. The highest BCUT2D eigenvalue weighted by Gasteiger charge is 1.92. The fourth-order valence-electron chi connectivity index (χ4n) is 2.93. The van der Waals surface area contributed by atoms with E-state index < -0.39 is 0 Å². The Morgan fingerprint density at radius 3 is 1.84 bits per heavy atom. The Morgan fingerprint density at radius 1 is 0.680 bits per heavy atom. The maximum absolute atomic E-state index is 8.58. The van der Waals surface area contributed by atoms with Crippen molar-refractivity contribution >= 4 is 0 Å². The first-order valence-corrected chi connectivity index (χ1v) is 11.0. The molecule has 3 heteroatoms. The Bertz CT molecular complexity index is 256. The lowest BCUT2D eigenvalue weighted by molar-refractivity contribution is 0.0939. The highest BCUT2D eigenvalue weighted by atomic mass is 16.5. The molecular weight excluding hydrogens is 310 g/mol. The summed E-state index contributed by atoms with van der Waals surface area (Å²) in [6.07, 6.45) is 23.8. The minimum Gasteiger partial charge on any atom is -0.394 e. The van der Waals surface area contributed by atoms with Gasteiger partial charge >= 0.3 is 0 Å². The van der Waals surface area contributed by atoms with E-state index in [0.29, 0.717) is 13.2 Å². The second-order valence-electron chi connectivity index (χ2n) is 7.02. The molecule has 0 saturated heterocycles. The second-order valence-corrected chi connectivity index (χ2v) is 7.02. The van der Waals surface area contributed by atoms with E-state index in [1.165, 1.54) is 89.9 Å². The van der Waals surface area contributed by atoms with Gasteiger partial charge in [0, 0.05) is 6.54 Å². The van der Waals surface area contributed by atoms with Gasteiger partial charge in [-0.3, -0.25) is 0 Å². The van der Waals surface area contributed by atoms with Crippen molar-refractivity contribution in [3.63, 3.8) is 0 Å². The zero-order valence-corrected chi connectivity index (χ0v) is 16.9. The topological polar surface area (TPSA) is 41.5 Å². The fourth-order valence-corrected chi connectivity index (χ4v) is 2.93. The molecule has 0 amide bonds. The van der Waals surface area contributed by atoms with Crippen molar-refractivity contribution in [1.29, 1.82) is 0 Å². The predicted molar refractivity (Wildman–Crippen MR) is 110 cm³/mol. The third-order valence-corrected chi connectivity index (χ3v) is 4.52. The molecule has 150 valence electrons. The number of rotatable bonds is 21. The molecule has 0 radical (unpaired) electrons. The van der Waals surface area contributed by atoms with Crippen molar-refractivity contribution in [3.05, 3.63) is 12.2 Å². The molecule has 0 aromatic carbocycles. The second kappa shape index (κ2) is 23.6. The molecule has 0 fully saturated rings. The molecule has 0 aliphatic rings. The van der Waals surface area contributed by atoms with Gasteiger partial charge < -0.3 is 15.2 Å². The maximum Gasteiger partial charge on any atom is 0.0698 e. The van der Waals surface area contributed by atoms with Crippen LogP contribution in [0, 0.1) is 0 Å². The van der Waals surface area contributed by atoms with Gasteiger partial charge in [-0.2, -0.15) is 0 Å². The van der Waals surface area contributed by atoms with Crippen LogP contribution in [-0.2, 0) is 4.74 Å². The lowest BCUT2D eigenvalue weighted by atomic mass is 10.1. The van der Waals surface area contributed by atoms with E-state index >= 15 is 0 Å². The number of hydrogen-bond acceptors (Lipinski definition) is 3. The summed E-state index contributed by atoms with van der Waals surface area (Å²) in [6.45, 7) is 5.53. The average Bonchev–Trinajstić information content (AvgIpc) is 2.63. The predicted octanol–water partition coefficient (Wildman–Crippen LogP) is 5.62. The lowest BCUT2D eigenvalue weighted by Crippen LogP contribution is -2.21. The average molecular weight is 356 g/mol. The molecule has 0 spiro atoms. The van der Waals surface area contributed by atoms with Gasteiger partial charge in [-0.05, 0) is 38.6 Å². The van der Waals surface area contributed by atoms with Gasteiger partial charge in [0.1, 0.15) is 0 Å². The summed E-state index contributed by atoms with van der Waals surface area (Å²) in [6, 6.07) is 0. The monoisotopic (exact) mass is 355 g/mol. The molecule has 0 aromatic heterocycles. The van der Waals surface area contributed by atoms with Crippen LogP contribution in [0.4, 0.5) is 0 Å². The van der Waals surface area contributed by atoms with E-state index in [0.717, 1.165) is 13.1 Å². The van der Waals surface area contributed by atoms with Crippen LogP contribution in [0.25, 0.3) is 0 Å². The molecular formula is C22H45NO2. The minimum atomic E-state index is 0.120. The normalized spacial score (nSPS) is 11.6. The number of hydrogen-bond donors (Lipinski definition) is 2. The van der Waals surface area contributed by atoms with Crippen LogP contribution in [0.5, 0.6) is 0 Å².